The van der Waals surface area contributed by atoms with Crippen molar-refractivity contribution in [2.75, 3.05) is 6.54 Å². The first-order valence-electron chi connectivity index (χ1n) is 6.08. The fraction of sp³-hybridized carbons (Fsp3) is 0.357. The number of nitrogens with zero attached hydrogens (tertiary/aromatic N) is 1. The van der Waals surface area contributed by atoms with Gasteiger partial charge in [-0.2, -0.15) is 0 Å². The maximum absolute atomic E-state index is 5.54. The lowest BCUT2D eigenvalue weighted by Gasteiger charge is -2.06. The lowest BCUT2D eigenvalue weighted by Crippen LogP contribution is -2.12. The third kappa shape index (κ3) is 2.56. The van der Waals surface area contributed by atoms with Crippen molar-refractivity contribution in [3.63, 3.8) is 0 Å². The Morgan fingerprint density at radius 2 is 2.06 bits per heavy atom. The molecule has 17 heavy (non-hydrogen) atoms. The monoisotopic (exact) mass is 230 g/mol. The van der Waals surface area contributed by atoms with Crippen LogP contribution in [0.15, 0.2) is 35.1 Å². The fourth-order valence-corrected chi connectivity index (χ4v) is 1.91. The molecule has 0 amide bonds. The van der Waals surface area contributed by atoms with Crippen molar-refractivity contribution in [1.82, 2.24) is 10.3 Å². The molecule has 0 bridgehead atoms. The van der Waals surface area contributed by atoms with Gasteiger partial charge in [0.05, 0.1) is 0 Å². The van der Waals surface area contributed by atoms with E-state index in [1.165, 1.54) is 12.0 Å². The molecule has 0 saturated heterocycles. The summed E-state index contributed by atoms with van der Waals surface area (Å²) in [5.74, 6) is 0.892. The second kappa shape index (κ2) is 5.64. The number of nitrogens with one attached hydrogen (secondary N) is 1. The molecule has 0 unspecified atom stereocenters. The van der Waals surface area contributed by atoms with Crippen molar-refractivity contribution in [3.8, 4) is 11.3 Å². The number of hydrogen-bond donors (Lipinski definition) is 1. The van der Waals surface area contributed by atoms with Crippen LogP contribution < -0.4 is 5.32 Å². The minimum Gasteiger partial charge on any atom is -0.443 e. The Hall–Kier alpha value is -1.61. The topological polar surface area (TPSA) is 38.1 Å². The summed E-state index contributed by atoms with van der Waals surface area (Å²) in [6.45, 7) is 5.92. The molecule has 0 aliphatic carbocycles. The van der Waals surface area contributed by atoms with Crippen LogP contribution in [0.25, 0.3) is 11.3 Å². The van der Waals surface area contributed by atoms with E-state index in [1.807, 2.05) is 6.07 Å². The second-order valence-electron chi connectivity index (χ2n) is 3.92. The smallest absolute Gasteiger partial charge is 0.181 e. The highest BCUT2D eigenvalue weighted by molar-refractivity contribution is 5.64. The van der Waals surface area contributed by atoms with Gasteiger partial charge in [-0.05, 0) is 18.5 Å². The van der Waals surface area contributed by atoms with Crippen molar-refractivity contribution < 1.29 is 4.42 Å². The normalized spacial score (nSPS) is 10.7. The van der Waals surface area contributed by atoms with E-state index in [2.05, 4.69) is 42.3 Å². The molecule has 0 radical (unpaired) electrons. The van der Waals surface area contributed by atoms with E-state index >= 15 is 0 Å². The molecule has 0 aliphatic heterocycles. The molecule has 1 heterocycles. The predicted octanol–water partition coefficient (Wildman–Crippen LogP) is 3.01. The number of oxazole rings is 1. The molecular formula is C14H18N2O. The van der Waals surface area contributed by atoms with Gasteiger partial charge >= 0.3 is 0 Å². The number of rotatable bonds is 5. The molecule has 0 aliphatic rings. The van der Waals surface area contributed by atoms with Gasteiger partial charge in [-0.1, -0.05) is 38.1 Å². The maximum Gasteiger partial charge on any atom is 0.181 e. The Labute approximate surface area is 102 Å². The summed E-state index contributed by atoms with van der Waals surface area (Å²) < 4.78 is 5.54. The van der Waals surface area contributed by atoms with E-state index in [1.54, 1.807) is 0 Å². The van der Waals surface area contributed by atoms with Gasteiger partial charge in [-0.15, -0.1) is 0 Å². The van der Waals surface area contributed by atoms with Gasteiger partial charge < -0.3 is 9.73 Å². The number of hydrogen-bond acceptors (Lipinski definition) is 3. The van der Waals surface area contributed by atoms with E-state index in [0.717, 1.165) is 36.5 Å². The molecule has 3 nitrogen and oxygen atoms in total. The number of aryl methyl sites for hydroxylation is 1. The molecule has 2 rings (SSSR count). The molecule has 1 N–H and O–H groups in total. The fourth-order valence-electron chi connectivity index (χ4n) is 1.91. The van der Waals surface area contributed by atoms with Gasteiger partial charge in [-0.3, -0.25) is 0 Å². The maximum atomic E-state index is 5.54. The zero-order valence-corrected chi connectivity index (χ0v) is 10.4. The van der Waals surface area contributed by atoms with Crippen molar-refractivity contribution in [3.05, 3.63) is 41.9 Å². The highest BCUT2D eigenvalue weighted by Gasteiger charge is 2.12. The van der Waals surface area contributed by atoms with E-state index in [0.29, 0.717) is 0 Å². The summed E-state index contributed by atoms with van der Waals surface area (Å²) in [5.41, 5.74) is 3.43. The number of benzene rings is 1. The molecule has 0 fully saturated rings. The first kappa shape index (κ1) is 11.9. The molecule has 3 heteroatoms. The van der Waals surface area contributed by atoms with Gasteiger partial charge in [0.15, 0.2) is 12.2 Å². The van der Waals surface area contributed by atoms with Crippen LogP contribution in [-0.4, -0.2) is 11.5 Å². The third-order valence-corrected chi connectivity index (χ3v) is 2.83. The first-order chi connectivity index (χ1) is 8.36. The summed E-state index contributed by atoms with van der Waals surface area (Å²) >= 11 is 0. The zero-order valence-electron chi connectivity index (χ0n) is 10.4. The predicted molar refractivity (Wildman–Crippen MR) is 68.7 cm³/mol. The van der Waals surface area contributed by atoms with E-state index in [-0.39, 0.29) is 0 Å². The van der Waals surface area contributed by atoms with E-state index in [4.69, 9.17) is 4.42 Å². The first-order valence-corrected chi connectivity index (χ1v) is 6.08. The molecule has 90 valence electrons. The average Bonchev–Trinajstić information content (AvgIpc) is 2.84. The van der Waals surface area contributed by atoms with Crippen LogP contribution in [0, 0.1) is 0 Å². The molecule has 1 aromatic heterocycles. The van der Waals surface area contributed by atoms with Gasteiger partial charge in [0.2, 0.25) is 0 Å². The highest BCUT2D eigenvalue weighted by atomic mass is 16.3. The van der Waals surface area contributed by atoms with Crippen molar-refractivity contribution in [1.29, 1.82) is 0 Å². The summed E-state index contributed by atoms with van der Waals surface area (Å²) in [7, 11) is 0. The lowest BCUT2D eigenvalue weighted by atomic mass is 10.0. The quantitative estimate of drug-likeness (QED) is 0.858. The molecule has 2 aromatic rings. The Kier molecular flexibility index (Phi) is 3.94. The Morgan fingerprint density at radius 1 is 1.24 bits per heavy atom. The summed E-state index contributed by atoms with van der Waals surface area (Å²) in [4.78, 5) is 4.28. The van der Waals surface area contributed by atoms with Crippen LogP contribution in [0.5, 0.6) is 0 Å². The van der Waals surface area contributed by atoms with Gasteiger partial charge in [-0.25, -0.2) is 4.98 Å². The Bertz CT molecular complexity index is 477. The van der Waals surface area contributed by atoms with Crippen LogP contribution in [-0.2, 0) is 13.0 Å². The zero-order chi connectivity index (χ0) is 12.1. The van der Waals surface area contributed by atoms with Crippen LogP contribution in [0.4, 0.5) is 0 Å². The Morgan fingerprint density at radius 3 is 2.82 bits per heavy atom. The summed E-state index contributed by atoms with van der Waals surface area (Å²) in [5, 5.41) is 3.28. The largest absolute Gasteiger partial charge is 0.443 e. The Balaban J connectivity index is 2.35. The third-order valence-electron chi connectivity index (χ3n) is 2.83. The SMILES string of the molecule is CCNCc1ncoc1-c1ccccc1CC. The van der Waals surface area contributed by atoms with Crippen molar-refractivity contribution >= 4 is 0 Å². The minimum absolute atomic E-state index is 0.750. The molecule has 0 atom stereocenters. The molecule has 0 spiro atoms. The van der Waals surface area contributed by atoms with Gasteiger partial charge in [0, 0.05) is 12.1 Å². The molecular weight excluding hydrogens is 212 g/mol. The minimum atomic E-state index is 0.750. The standard InChI is InChI=1S/C14H18N2O/c1-3-11-7-5-6-8-12(11)14-13(9-15-4-2)16-10-17-14/h5-8,10,15H,3-4,9H2,1-2H3. The lowest BCUT2D eigenvalue weighted by molar-refractivity contribution is 0.569. The second-order valence-corrected chi connectivity index (χ2v) is 3.92. The van der Waals surface area contributed by atoms with Crippen molar-refractivity contribution in [2.24, 2.45) is 0 Å². The van der Waals surface area contributed by atoms with Gasteiger partial charge in [0.25, 0.3) is 0 Å². The van der Waals surface area contributed by atoms with Gasteiger partial charge in [0.1, 0.15) is 5.69 Å². The molecule has 1 aromatic carbocycles. The van der Waals surface area contributed by atoms with E-state index in [9.17, 15) is 0 Å². The van der Waals surface area contributed by atoms with Crippen LogP contribution >= 0.6 is 0 Å². The highest BCUT2D eigenvalue weighted by Crippen LogP contribution is 2.26. The summed E-state index contributed by atoms with van der Waals surface area (Å²) in [6, 6.07) is 8.32. The van der Waals surface area contributed by atoms with Crippen LogP contribution in [0.3, 0.4) is 0 Å². The number of aromatic nitrogens is 1. The van der Waals surface area contributed by atoms with Crippen molar-refractivity contribution in [2.45, 2.75) is 26.8 Å². The van der Waals surface area contributed by atoms with Crippen LogP contribution in [0.2, 0.25) is 0 Å². The average molecular weight is 230 g/mol. The van der Waals surface area contributed by atoms with Crippen LogP contribution in [0.1, 0.15) is 25.1 Å². The summed E-state index contributed by atoms with van der Waals surface area (Å²) in [6.07, 6.45) is 2.52. The van der Waals surface area contributed by atoms with E-state index < -0.39 is 0 Å². The molecule has 0 saturated carbocycles.